The number of anilines is 1. The van der Waals surface area contributed by atoms with E-state index in [4.69, 9.17) is 16.3 Å². The van der Waals surface area contributed by atoms with Crippen LogP contribution in [0.3, 0.4) is 0 Å². The van der Waals surface area contributed by atoms with E-state index in [9.17, 15) is 14.4 Å². The Kier molecular flexibility index (Phi) is 7.43. The predicted molar refractivity (Wildman–Crippen MR) is 115 cm³/mol. The number of likely N-dealkylation sites (tertiary alicyclic amines) is 1. The van der Waals surface area contributed by atoms with E-state index in [0.717, 1.165) is 6.42 Å². The molecule has 2 aromatic carbocycles. The van der Waals surface area contributed by atoms with Crippen molar-refractivity contribution in [2.24, 2.45) is 0 Å². The molecule has 0 radical (unpaired) electrons. The molecule has 1 aliphatic rings. The summed E-state index contributed by atoms with van der Waals surface area (Å²) < 4.78 is 4.94. The van der Waals surface area contributed by atoms with E-state index < -0.39 is 6.04 Å². The molecule has 1 heterocycles. The number of carbonyl (C=O) groups is 3. The Balaban J connectivity index is 1.63. The van der Waals surface area contributed by atoms with Crippen molar-refractivity contribution in [3.8, 4) is 0 Å². The number of nitrogens with one attached hydrogen (secondary N) is 2. The summed E-state index contributed by atoms with van der Waals surface area (Å²) in [6.45, 7) is 1.37. The zero-order valence-electron chi connectivity index (χ0n) is 16.7. The largest absolute Gasteiger partial charge is 0.383 e. The molecule has 0 unspecified atom stereocenters. The maximum absolute atomic E-state index is 12.9. The monoisotopic (exact) mass is 429 g/mol. The molecule has 158 valence electrons. The average molecular weight is 430 g/mol. The highest BCUT2D eigenvalue weighted by Gasteiger charge is 2.34. The smallest absolute Gasteiger partial charge is 0.255 e. The van der Waals surface area contributed by atoms with Gasteiger partial charge in [-0.3, -0.25) is 14.4 Å². The Labute approximate surface area is 180 Å². The third-order valence-electron chi connectivity index (χ3n) is 4.90. The number of carbonyl (C=O) groups excluding carboxylic acids is 3. The van der Waals surface area contributed by atoms with Gasteiger partial charge in [0, 0.05) is 42.0 Å². The van der Waals surface area contributed by atoms with Crippen LogP contribution in [0.4, 0.5) is 5.69 Å². The molecule has 0 spiro atoms. The first kappa shape index (κ1) is 21.8. The molecule has 0 bridgehead atoms. The average Bonchev–Trinajstić information content (AvgIpc) is 3.24. The molecule has 8 heteroatoms. The van der Waals surface area contributed by atoms with E-state index in [-0.39, 0.29) is 17.7 Å². The first-order valence-corrected chi connectivity index (χ1v) is 10.1. The fourth-order valence-corrected chi connectivity index (χ4v) is 3.56. The molecule has 30 heavy (non-hydrogen) atoms. The zero-order chi connectivity index (χ0) is 21.5. The van der Waals surface area contributed by atoms with E-state index in [2.05, 4.69) is 10.6 Å². The Morgan fingerprint density at radius 1 is 1.13 bits per heavy atom. The Bertz CT molecular complexity index is 917. The van der Waals surface area contributed by atoms with Crippen LogP contribution in [0.5, 0.6) is 0 Å². The van der Waals surface area contributed by atoms with E-state index in [1.165, 1.54) is 0 Å². The van der Waals surface area contributed by atoms with Crippen molar-refractivity contribution in [1.82, 2.24) is 10.2 Å². The number of hydrogen-bond acceptors (Lipinski definition) is 4. The van der Waals surface area contributed by atoms with Gasteiger partial charge < -0.3 is 20.3 Å². The summed E-state index contributed by atoms with van der Waals surface area (Å²) in [5, 5.41) is 6.06. The summed E-state index contributed by atoms with van der Waals surface area (Å²) in [5.74, 6) is -0.653. The van der Waals surface area contributed by atoms with Gasteiger partial charge in [-0.2, -0.15) is 0 Å². The van der Waals surface area contributed by atoms with Crippen molar-refractivity contribution >= 4 is 35.0 Å². The van der Waals surface area contributed by atoms with Crippen LogP contribution < -0.4 is 10.6 Å². The zero-order valence-corrected chi connectivity index (χ0v) is 17.4. The quantitative estimate of drug-likeness (QED) is 0.662. The molecular weight excluding hydrogens is 406 g/mol. The number of amides is 3. The lowest BCUT2D eigenvalue weighted by Crippen LogP contribution is -2.46. The van der Waals surface area contributed by atoms with Crippen LogP contribution in [-0.4, -0.2) is 55.5 Å². The molecule has 2 N–H and O–H groups in total. The van der Waals surface area contributed by atoms with E-state index in [1.807, 2.05) is 0 Å². The fraction of sp³-hybridized carbons (Fsp3) is 0.318. The van der Waals surface area contributed by atoms with Gasteiger partial charge in [0.2, 0.25) is 5.91 Å². The van der Waals surface area contributed by atoms with E-state index >= 15 is 0 Å². The third-order valence-corrected chi connectivity index (χ3v) is 5.13. The minimum Gasteiger partial charge on any atom is -0.383 e. The van der Waals surface area contributed by atoms with Gasteiger partial charge in [0.1, 0.15) is 6.04 Å². The van der Waals surface area contributed by atoms with Gasteiger partial charge in [-0.05, 0) is 55.3 Å². The van der Waals surface area contributed by atoms with Crippen LogP contribution in [0.1, 0.15) is 33.6 Å². The maximum atomic E-state index is 12.9. The van der Waals surface area contributed by atoms with Crippen LogP contribution in [0.25, 0.3) is 0 Å². The standard InChI is InChI=1S/C22H24ClN3O4/c1-30-13-11-24-21(28)19-6-3-12-26(19)22(29)15-7-9-18(10-8-15)25-20(27)16-4-2-5-17(23)14-16/h2,4-5,7-10,14,19H,3,6,11-13H2,1H3,(H,24,28)(H,25,27)/t19-/m1/s1. The predicted octanol–water partition coefficient (Wildman–Crippen LogP) is 2.96. The summed E-state index contributed by atoms with van der Waals surface area (Å²) >= 11 is 5.92. The van der Waals surface area contributed by atoms with E-state index in [1.54, 1.807) is 60.5 Å². The lowest BCUT2D eigenvalue weighted by molar-refractivity contribution is -0.125. The van der Waals surface area contributed by atoms with Crippen LogP contribution >= 0.6 is 11.6 Å². The lowest BCUT2D eigenvalue weighted by Gasteiger charge is -2.24. The van der Waals surface area contributed by atoms with Crippen molar-refractivity contribution in [3.05, 3.63) is 64.7 Å². The second-order valence-corrected chi connectivity index (χ2v) is 7.42. The Hall–Kier alpha value is -2.90. The molecule has 7 nitrogen and oxygen atoms in total. The van der Waals surface area contributed by atoms with Crippen LogP contribution in [0, 0.1) is 0 Å². The van der Waals surface area contributed by atoms with Gasteiger partial charge in [-0.1, -0.05) is 17.7 Å². The minimum atomic E-state index is -0.475. The second-order valence-electron chi connectivity index (χ2n) is 6.98. The lowest BCUT2D eigenvalue weighted by atomic mass is 10.1. The highest BCUT2D eigenvalue weighted by Crippen LogP contribution is 2.21. The van der Waals surface area contributed by atoms with Crippen molar-refractivity contribution < 1.29 is 19.1 Å². The number of hydrogen-bond donors (Lipinski definition) is 2. The molecule has 1 saturated heterocycles. The highest BCUT2D eigenvalue weighted by molar-refractivity contribution is 6.31. The SMILES string of the molecule is COCCNC(=O)[C@H]1CCCN1C(=O)c1ccc(NC(=O)c2cccc(Cl)c2)cc1. The van der Waals surface area contributed by atoms with Crippen molar-refractivity contribution in [2.75, 3.05) is 32.1 Å². The normalized spacial score (nSPS) is 15.7. The summed E-state index contributed by atoms with van der Waals surface area (Å²) in [5.41, 5.74) is 1.47. The molecule has 2 aromatic rings. The summed E-state index contributed by atoms with van der Waals surface area (Å²) in [6.07, 6.45) is 1.42. The van der Waals surface area contributed by atoms with Crippen molar-refractivity contribution in [2.45, 2.75) is 18.9 Å². The molecule has 1 fully saturated rings. The Morgan fingerprint density at radius 2 is 1.90 bits per heavy atom. The van der Waals surface area contributed by atoms with Crippen LogP contribution in [-0.2, 0) is 9.53 Å². The molecule has 1 atom stereocenters. The summed E-state index contributed by atoms with van der Waals surface area (Å²) in [4.78, 5) is 39.2. The number of ether oxygens (including phenoxy) is 1. The molecule has 3 amide bonds. The first-order valence-electron chi connectivity index (χ1n) is 9.74. The summed E-state index contributed by atoms with van der Waals surface area (Å²) in [6, 6.07) is 12.8. The van der Waals surface area contributed by atoms with Crippen molar-refractivity contribution in [3.63, 3.8) is 0 Å². The number of rotatable bonds is 7. The van der Waals surface area contributed by atoms with E-state index in [0.29, 0.717) is 48.0 Å². The highest BCUT2D eigenvalue weighted by atomic mass is 35.5. The first-order chi connectivity index (χ1) is 14.5. The summed E-state index contributed by atoms with van der Waals surface area (Å²) in [7, 11) is 1.57. The van der Waals surface area contributed by atoms with Gasteiger partial charge in [-0.25, -0.2) is 0 Å². The van der Waals surface area contributed by atoms with Gasteiger partial charge >= 0.3 is 0 Å². The van der Waals surface area contributed by atoms with Gasteiger partial charge in [0.15, 0.2) is 0 Å². The van der Waals surface area contributed by atoms with Crippen LogP contribution in [0.2, 0.25) is 5.02 Å². The van der Waals surface area contributed by atoms with Gasteiger partial charge in [0.25, 0.3) is 11.8 Å². The van der Waals surface area contributed by atoms with Gasteiger partial charge in [0.05, 0.1) is 6.61 Å². The van der Waals surface area contributed by atoms with Crippen LogP contribution in [0.15, 0.2) is 48.5 Å². The minimum absolute atomic E-state index is 0.164. The molecule has 0 aliphatic carbocycles. The molecule has 3 rings (SSSR count). The number of halogens is 1. The number of benzene rings is 2. The van der Waals surface area contributed by atoms with Gasteiger partial charge in [-0.15, -0.1) is 0 Å². The maximum Gasteiger partial charge on any atom is 0.255 e. The molecule has 0 saturated carbocycles. The molecule has 0 aromatic heterocycles. The molecule has 1 aliphatic heterocycles. The Morgan fingerprint density at radius 3 is 2.60 bits per heavy atom. The third kappa shape index (κ3) is 5.37. The van der Waals surface area contributed by atoms with Crippen molar-refractivity contribution in [1.29, 1.82) is 0 Å². The number of methoxy groups -OCH3 is 1. The fourth-order valence-electron chi connectivity index (χ4n) is 3.37. The molecular formula is C22H24ClN3O4. The second kappa shape index (κ2) is 10.2. The topological polar surface area (TPSA) is 87.7 Å². The number of nitrogens with zero attached hydrogens (tertiary/aromatic N) is 1.